The fourth-order valence-corrected chi connectivity index (χ4v) is 3.84. The number of nitrogens with zero attached hydrogens (tertiary/aromatic N) is 2. The molecule has 0 saturated carbocycles. The Bertz CT molecular complexity index is 1110. The van der Waals surface area contributed by atoms with Gasteiger partial charge in [0.15, 0.2) is 0 Å². The number of benzene rings is 2. The predicted molar refractivity (Wildman–Crippen MR) is 107 cm³/mol. The topological polar surface area (TPSA) is 93.1 Å². The number of carbonyl (C=O) groups excluding carboxylic acids is 2. The molecule has 0 aliphatic carbocycles. The molecule has 2 aromatic carbocycles. The number of aryl methyl sites for hydroxylation is 1. The minimum absolute atomic E-state index is 0.0734. The summed E-state index contributed by atoms with van der Waals surface area (Å²) in [6.07, 6.45) is 1.66. The highest BCUT2D eigenvalue weighted by Crippen LogP contribution is 2.17. The summed E-state index contributed by atoms with van der Waals surface area (Å²) in [7, 11) is 0. The van der Waals surface area contributed by atoms with Gasteiger partial charge in [0.05, 0.1) is 16.7 Å². The molecular weight excluding hydrogens is 376 g/mol. The van der Waals surface area contributed by atoms with Crippen LogP contribution in [0.25, 0.3) is 10.9 Å². The zero-order valence-corrected chi connectivity index (χ0v) is 15.8. The van der Waals surface area contributed by atoms with Gasteiger partial charge in [-0.25, -0.2) is 4.98 Å². The number of hydrogen-bond acceptors (Lipinski definition) is 5. The van der Waals surface area contributed by atoms with Crippen LogP contribution in [0.4, 0.5) is 0 Å². The van der Waals surface area contributed by atoms with Crippen LogP contribution in [0.5, 0.6) is 0 Å². The highest BCUT2D eigenvalue weighted by atomic mass is 32.2. The molecule has 0 fully saturated rings. The van der Waals surface area contributed by atoms with E-state index in [0.717, 1.165) is 23.6 Å². The second kappa shape index (κ2) is 7.85. The number of hydrazine groups is 1. The summed E-state index contributed by atoms with van der Waals surface area (Å²) in [6, 6.07) is 14.3. The van der Waals surface area contributed by atoms with E-state index in [9.17, 15) is 14.4 Å². The number of carbonyl (C=O) groups is 2. The van der Waals surface area contributed by atoms with Gasteiger partial charge in [0.2, 0.25) is 5.91 Å². The Labute approximate surface area is 165 Å². The van der Waals surface area contributed by atoms with E-state index >= 15 is 0 Å². The van der Waals surface area contributed by atoms with Gasteiger partial charge in [0.1, 0.15) is 5.82 Å². The van der Waals surface area contributed by atoms with Gasteiger partial charge in [0, 0.05) is 23.4 Å². The maximum absolute atomic E-state index is 12.5. The molecule has 2 N–H and O–H groups in total. The van der Waals surface area contributed by atoms with Crippen molar-refractivity contribution in [2.75, 3.05) is 5.75 Å². The van der Waals surface area contributed by atoms with Gasteiger partial charge < -0.3 is 0 Å². The quantitative estimate of drug-likeness (QED) is 0.521. The van der Waals surface area contributed by atoms with Crippen molar-refractivity contribution >= 4 is 34.5 Å². The van der Waals surface area contributed by atoms with Crippen molar-refractivity contribution in [1.82, 2.24) is 20.4 Å². The van der Waals surface area contributed by atoms with Crippen molar-refractivity contribution < 1.29 is 9.59 Å². The molecule has 2 amide bonds. The summed E-state index contributed by atoms with van der Waals surface area (Å²) >= 11 is 1.38. The Kier molecular flexibility index (Phi) is 5.12. The van der Waals surface area contributed by atoms with Gasteiger partial charge >= 0.3 is 0 Å². The van der Waals surface area contributed by atoms with Crippen molar-refractivity contribution in [3.63, 3.8) is 0 Å². The Morgan fingerprint density at radius 2 is 1.93 bits per heavy atom. The van der Waals surface area contributed by atoms with Gasteiger partial charge in [-0.2, -0.15) is 0 Å². The Morgan fingerprint density at radius 1 is 1.11 bits per heavy atom. The van der Waals surface area contributed by atoms with E-state index in [1.54, 1.807) is 22.8 Å². The van der Waals surface area contributed by atoms with Crippen LogP contribution in [0.1, 0.15) is 22.6 Å². The van der Waals surface area contributed by atoms with E-state index in [2.05, 4.69) is 15.8 Å². The third-order valence-electron chi connectivity index (χ3n) is 4.51. The lowest BCUT2D eigenvalue weighted by atomic mass is 10.1. The minimum Gasteiger partial charge on any atom is -0.296 e. The van der Waals surface area contributed by atoms with Gasteiger partial charge in [0.25, 0.3) is 11.5 Å². The van der Waals surface area contributed by atoms with Crippen LogP contribution in [0, 0.1) is 0 Å². The molecule has 0 atom stereocenters. The molecular formula is C20H18N4O3S. The largest absolute Gasteiger partial charge is 0.296 e. The van der Waals surface area contributed by atoms with Gasteiger partial charge in [-0.05, 0) is 36.8 Å². The molecule has 142 valence electrons. The average Bonchev–Trinajstić information content (AvgIpc) is 3.20. The molecule has 0 saturated heterocycles. The number of amides is 2. The highest BCUT2D eigenvalue weighted by molar-refractivity contribution is 8.00. The molecule has 7 nitrogen and oxygen atoms in total. The SMILES string of the molecule is O=C(CSc1ccccc1)NNC(=O)c1ccc2c(=O)n3c(nc2c1)CCC3. The van der Waals surface area contributed by atoms with E-state index in [4.69, 9.17) is 0 Å². The summed E-state index contributed by atoms with van der Waals surface area (Å²) in [6.45, 7) is 0.687. The lowest BCUT2D eigenvalue weighted by molar-refractivity contribution is -0.119. The molecule has 8 heteroatoms. The maximum atomic E-state index is 12.5. The summed E-state index contributed by atoms with van der Waals surface area (Å²) in [5.41, 5.74) is 5.57. The van der Waals surface area contributed by atoms with E-state index in [-0.39, 0.29) is 17.2 Å². The fraction of sp³-hybridized carbons (Fsp3) is 0.200. The lowest BCUT2D eigenvalue weighted by Gasteiger charge is -2.09. The second-order valence-electron chi connectivity index (χ2n) is 6.42. The van der Waals surface area contributed by atoms with E-state index in [1.165, 1.54) is 11.8 Å². The van der Waals surface area contributed by atoms with Gasteiger partial charge in [-0.3, -0.25) is 29.8 Å². The molecule has 0 spiro atoms. The first-order valence-electron chi connectivity index (χ1n) is 8.92. The first-order valence-corrected chi connectivity index (χ1v) is 9.91. The van der Waals surface area contributed by atoms with E-state index in [1.807, 2.05) is 30.3 Å². The van der Waals surface area contributed by atoms with Crippen LogP contribution in [-0.4, -0.2) is 27.1 Å². The van der Waals surface area contributed by atoms with Crippen molar-refractivity contribution in [3.05, 3.63) is 70.3 Å². The molecule has 0 radical (unpaired) electrons. The molecule has 28 heavy (non-hydrogen) atoms. The Morgan fingerprint density at radius 3 is 2.75 bits per heavy atom. The first-order chi connectivity index (χ1) is 13.6. The third-order valence-corrected chi connectivity index (χ3v) is 5.52. The average molecular weight is 394 g/mol. The Balaban J connectivity index is 1.40. The molecule has 4 rings (SSSR count). The molecule has 1 aliphatic rings. The summed E-state index contributed by atoms with van der Waals surface area (Å²) < 4.78 is 1.69. The highest BCUT2D eigenvalue weighted by Gasteiger charge is 2.17. The minimum atomic E-state index is -0.456. The number of fused-ring (bicyclic) bond motifs is 2. The molecule has 3 aromatic rings. The van der Waals surface area contributed by atoms with Crippen molar-refractivity contribution in [1.29, 1.82) is 0 Å². The zero-order chi connectivity index (χ0) is 19.5. The molecule has 2 heterocycles. The molecule has 0 unspecified atom stereocenters. The van der Waals surface area contributed by atoms with Crippen LogP contribution in [0.2, 0.25) is 0 Å². The molecule has 1 aromatic heterocycles. The van der Waals surface area contributed by atoms with E-state index < -0.39 is 5.91 Å². The van der Waals surface area contributed by atoms with Gasteiger partial charge in [-0.1, -0.05) is 18.2 Å². The predicted octanol–water partition coefficient (Wildman–Crippen LogP) is 1.90. The molecule has 1 aliphatic heterocycles. The summed E-state index contributed by atoms with van der Waals surface area (Å²) in [4.78, 5) is 42.2. The van der Waals surface area contributed by atoms with Crippen molar-refractivity contribution in [2.45, 2.75) is 24.3 Å². The fourth-order valence-electron chi connectivity index (χ4n) is 3.13. The zero-order valence-electron chi connectivity index (χ0n) is 15.0. The number of hydrogen-bond donors (Lipinski definition) is 2. The van der Waals surface area contributed by atoms with Crippen molar-refractivity contribution in [2.24, 2.45) is 0 Å². The number of rotatable bonds is 4. The maximum Gasteiger partial charge on any atom is 0.269 e. The normalized spacial score (nSPS) is 12.6. The van der Waals surface area contributed by atoms with Crippen LogP contribution in [0.15, 0.2) is 58.2 Å². The second-order valence-corrected chi connectivity index (χ2v) is 7.47. The summed E-state index contributed by atoms with van der Waals surface area (Å²) in [5, 5.41) is 0.491. The van der Waals surface area contributed by atoms with E-state index in [0.29, 0.717) is 23.0 Å². The number of nitrogens with one attached hydrogen (secondary N) is 2. The lowest BCUT2D eigenvalue weighted by Crippen LogP contribution is -2.42. The third kappa shape index (κ3) is 3.77. The smallest absolute Gasteiger partial charge is 0.269 e. The van der Waals surface area contributed by atoms with Crippen LogP contribution in [0.3, 0.4) is 0 Å². The van der Waals surface area contributed by atoms with Crippen LogP contribution >= 0.6 is 11.8 Å². The number of aromatic nitrogens is 2. The standard InChI is InChI=1S/C20H18N4O3S/c25-18(12-28-14-5-2-1-3-6-14)22-23-19(26)13-8-9-15-16(11-13)21-17-7-4-10-24(17)20(15)27/h1-3,5-6,8-9,11H,4,7,10,12H2,(H,22,25)(H,23,26). The van der Waals surface area contributed by atoms with Crippen LogP contribution in [-0.2, 0) is 17.8 Å². The monoisotopic (exact) mass is 394 g/mol. The Hall–Kier alpha value is -3.13. The first kappa shape index (κ1) is 18.2. The van der Waals surface area contributed by atoms with Crippen molar-refractivity contribution in [3.8, 4) is 0 Å². The van der Waals surface area contributed by atoms with Crippen LogP contribution < -0.4 is 16.4 Å². The molecule has 0 bridgehead atoms. The summed E-state index contributed by atoms with van der Waals surface area (Å²) in [5.74, 6) is 0.174. The number of thioether (sulfide) groups is 1. The van der Waals surface area contributed by atoms with Gasteiger partial charge in [-0.15, -0.1) is 11.8 Å².